The van der Waals surface area contributed by atoms with Crippen LogP contribution >= 0.6 is 0 Å². The largest absolute Gasteiger partial charge is 0.433 e. The number of rotatable bonds is 7. The van der Waals surface area contributed by atoms with Crippen LogP contribution in [0.1, 0.15) is 45.2 Å². The number of hydrogen-bond donors (Lipinski definition) is 1. The van der Waals surface area contributed by atoms with E-state index in [1.807, 2.05) is 18.0 Å². The summed E-state index contributed by atoms with van der Waals surface area (Å²) in [5, 5.41) is 3.07. The highest BCUT2D eigenvalue weighted by molar-refractivity contribution is 5.41. The summed E-state index contributed by atoms with van der Waals surface area (Å²) >= 11 is 0. The minimum absolute atomic E-state index is 0.102. The lowest BCUT2D eigenvalue weighted by Crippen LogP contribution is -2.38. The van der Waals surface area contributed by atoms with Crippen LogP contribution in [0.3, 0.4) is 0 Å². The number of halogens is 6. The van der Waals surface area contributed by atoms with E-state index in [0.29, 0.717) is 12.0 Å². The second kappa shape index (κ2) is 11.4. The zero-order valence-electron chi connectivity index (χ0n) is 18.9. The molecular formula is C24H29F6N3. The van der Waals surface area contributed by atoms with Crippen LogP contribution in [0.5, 0.6) is 0 Å². The van der Waals surface area contributed by atoms with Gasteiger partial charge in [-0.2, -0.15) is 26.3 Å². The van der Waals surface area contributed by atoms with Gasteiger partial charge in [0.1, 0.15) is 11.5 Å². The maximum Gasteiger partial charge on any atom is 0.433 e. The van der Waals surface area contributed by atoms with Gasteiger partial charge in [0.05, 0.1) is 11.6 Å². The van der Waals surface area contributed by atoms with Crippen LogP contribution in [0.15, 0.2) is 65.4 Å². The molecule has 1 aromatic rings. The fourth-order valence-corrected chi connectivity index (χ4v) is 3.66. The van der Waals surface area contributed by atoms with Crippen LogP contribution in [0.2, 0.25) is 0 Å². The Balaban J connectivity index is 2.31. The van der Waals surface area contributed by atoms with Gasteiger partial charge in [-0.05, 0) is 56.4 Å². The van der Waals surface area contributed by atoms with E-state index in [4.69, 9.17) is 0 Å². The molecule has 182 valence electrons. The van der Waals surface area contributed by atoms with Gasteiger partial charge in [0.15, 0.2) is 0 Å². The molecule has 0 bridgehead atoms. The molecule has 1 N–H and O–H groups in total. The SMILES string of the molecule is C\C=C/C(=C\C(=C\CC)C(F)(F)F)C/C=C1/C(Nc2cccc(C(F)(F)F)n2)CCCN1C. The second-order valence-corrected chi connectivity index (χ2v) is 7.78. The van der Waals surface area contributed by atoms with Crippen molar-refractivity contribution in [2.45, 2.75) is 57.9 Å². The maximum atomic E-state index is 13.3. The average molecular weight is 474 g/mol. The molecule has 1 atom stereocenters. The smallest absolute Gasteiger partial charge is 0.376 e. The quantitative estimate of drug-likeness (QED) is 0.333. The summed E-state index contributed by atoms with van der Waals surface area (Å²) in [4.78, 5) is 5.64. The van der Waals surface area contributed by atoms with E-state index in [-0.39, 0.29) is 24.7 Å². The molecule has 1 aliphatic rings. The standard InChI is InChI=1S/C24H29F6N3/c1-4-8-17(16-18(9-5-2)23(25,26)27)13-14-20-19(10-7-15-33(20)3)31-22-12-6-11-21(32-22)24(28,29)30/h4,6,8-9,11-12,14,16,19H,5,7,10,13,15H2,1-3H3,(H,31,32)/b8-4-,17-16+,18-9-,20-14-. The summed E-state index contributed by atoms with van der Waals surface area (Å²) in [6, 6.07) is 3.36. The fraction of sp³-hybridized carbons (Fsp3) is 0.458. The molecule has 33 heavy (non-hydrogen) atoms. The lowest BCUT2D eigenvalue weighted by molar-refractivity contribution is -0.141. The maximum absolute atomic E-state index is 13.3. The highest BCUT2D eigenvalue weighted by Crippen LogP contribution is 2.31. The highest BCUT2D eigenvalue weighted by Gasteiger charge is 2.33. The van der Waals surface area contributed by atoms with Crippen molar-refractivity contribution >= 4 is 5.82 Å². The molecule has 0 aromatic carbocycles. The Morgan fingerprint density at radius 2 is 1.94 bits per heavy atom. The molecule has 0 saturated carbocycles. The predicted molar refractivity (Wildman–Crippen MR) is 119 cm³/mol. The Hall–Kier alpha value is -2.71. The van der Waals surface area contributed by atoms with Crippen LogP contribution in [0, 0.1) is 0 Å². The Kier molecular flexibility index (Phi) is 9.19. The number of pyridine rings is 1. The van der Waals surface area contributed by atoms with Crippen LogP contribution in [0.25, 0.3) is 0 Å². The first-order valence-corrected chi connectivity index (χ1v) is 10.8. The Morgan fingerprint density at radius 3 is 2.55 bits per heavy atom. The van der Waals surface area contributed by atoms with Gasteiger partial charge in [-0.1, -0.05) is 37.3 Å². The Bertz CT molecular complexity index is 910. The molecule has 1 unspecified atom stereocenters. The fourth-order valence-electron chi connectivity index (χ4n) is 3.66. The third kappa shape index (κ3) is 7.98. The van der Waals surface area contributed by atoms with Crippen molar-refractivity contribution in [3.63, 3.8) is 0 Å². The monoisotopic (exact) mass is 473 g/mol. The van der Waals surface area contributed by atoms with Crippen molar-refractivity contribution in [1.82, 2.24) is 9.88 Å². The number of likely N-dealkylation sites (N-methyl/N-ethyl adjacent to an activating group) is 1. The van der Waals surface area contributed by atoms with Crippen molar-refractivity contribution in [2.75, 3.05) is 18.9 Å². The number of nitrogens with zero attached hydrogens (tertiary/aromatic N) is 2. The molecule has 0 amide bonds. The third-order valence-electron chi connectivity index (χ3n) is 5.17. The van der Waals surface area contributed by atoms with Gasteiger partial charge >= 0.3 is 12.4 Å². The summed E-state index contributed by atoms with van der Waals surface area (Å²) in [7, 11) is 1.86. The molecule has 1 fully saturated rings. The van der Waals surface area contributed by atoms with E-state index in [1.165, 1.54) is 12.1 Å². The number of nitrogens with one attached hydrogen (secondary N) is 1. The molecule has 0 spiro atoms. The molecule has 3 nitrogen and oxygen atoms in total. The topological polar surface area (TPSA) is 28.2 Å². The van der Waals surface area contributed by atoms with Crippen LogP contribution in [-0.2, 0) is 6.18 Å². The molecule has 9 heteroatoms. The summed E-state index contributed by atoms with van der Waals surface area (Å²) in [6.07, 6.45) is 0.418. The van der Waals surface area contributed by atoms with E-state index in [2.05, 4.69) is 10.3 Å². The first-order chi connectivity index (χ1) is 15.5. The van der Waals surface area contributed by atoms with Crippen molar-refractivity contribution in [3.05, 3.63) is 71.1 Å². The van der Waals surface area contributed by atoms with Gasteiger partial charge < -0.3 is 10.2 Å². The number of likely N-dealkylation sites (tertiary alicyclic amines) is 1. The van der Waals surface area contributed by atoms with Crippen LogP contribution in [-0.4, -0.2) is 35.7 Å². The molecular weight excluding hydrogens is 444 g/mol. The molecule has 0 radical (unpaired) electrons. The average Bonchev–Trinajstić information content (AvgIpc) is 2.72. The minimum Gasteiger partial charge on any atom is -0.376 e. The lowest BCUT2D eigenvalue weighted by atomic mass is 9.98. The number of aromatic nitrogens is 1. The van der Waals surface area contributed by atoms with Gasteiger partial charge in [-0.3, -0.25) is 0 Å². The zero-order valence-corrected chi connectivity index (χ0v) is 18.9. The van der Waals surface area contributed by atoms with Crippen molar-refractivity contribution in [2.24, 2.45) is 0 Å². The minimum atomic E-state index is -4.55. The Labute approximate surface area is 190 Å². The number of allylic oxidation sites excluding steroid dienone is 7. The Morgan fingerprint density at radius 1 is 1.21 bits per heavy atom. The van der Waals surface area contributed by atoms with Gasteiger partial charge in [0.25, 0.3) is 0 Å². The second-order valence-electron chi connectivity index (χ2n) is 7.78. The molecule has 2 heterocycles. The molecule has 1 aromatic heterocycles. The van der Waals surface area contributed by atoms with Gasteiger partial charge in [0, 0.05) is 19.3 Å². The van der Waals surface area contributed by atoms with E-state index >= 15 is 0 Å². The predicted octanol–water partition coefficient (Wildman–Crippen LogP) is 7.28. The number of anilines is 1. The molecule has 0 aliphatic carbocycles. The summed E-state index contributed by atoms with van der Waals surface area (Å²) in [6.45, 7) is 4.12. The van der Waals surface area contributed by atoms with E-state index in [1.54, 1.807) is 26.0 Å². The van der Waals surface area contributed by atoms with Crippen LogP contribution < -0.4 is 5.32 Å². The lowest BCUT2D eigenvalue weighted by Gasteiger charge is -2.35. The summed E-state index contributed by atoms with van der Waals surface area (Å²) in [5.41, 5.74) is -0.389. The first kappa shape index (κ1) is 26.5. The molecule has 2 rings (SSSR count). The highest BCUT2D eigenvalue weighted by atomic mass is 19.4. The van der Waals surface area contributed by atoms with E-state index < -0.39 is 23.6 Å². The van der Waals surface area contributed by atoms with Crippen molar-refractivity contribution in [1.29, 1.82) is 0 Å². The van der Waals surface area contributed by atoms with E-state index in [0.717, 1.165) is 36.9 Å². The zero-order chi connectivity index (χ0) is 24.6. The number of alkyl halides is 6. The van der Waals surface area contributed by atoms with Gasteiger partial charge in [-0.25, -0.2) is 4.98 Å². The van der Waals surface area contributed by atoms with Gasteiger partial charge in [0.2, 0.25) is 0 Å². The number of piperidine rings is 1. The van der Waals surface area contributed by atoms with Crippen molar-refractivity contribution < 1.29 is 26.3 Å². The van der Waals surface area contributed by atoms with Crippen molar-refractivity contribution in [3.8, 4) is 0 Å². The molecule has 1 saturated heterocycles. The van der Waals surface area contributed by atoms with Gasteiger partial charge in [-0.15, -0.1) is 0 Å². The third-order valence-corrected chi connectivity index (χ3v) is 5.17. The first-order valence-electron chi connectivity index (χ1n) is 10.8. The summed E-state index contributed by atoms with van der Waals surface area (Å²) in [5.74, 6) is 0.102. The number of hydrogen-bond acceptors (Lipinski definition) is 3. The summed E-state index contributed by atoms with van der Waals surface area (Å²) < 4.78 is 79.0. The van der Waals surface area contributed by atoms with Crippen LogP contribution in [0.4, 0.5) is 32.2 Å². The molecule has 1 aliphatic heterocycles. The normalized spacial score (nSPS) is 20.1. The van der Waals surface area contributed by atoms with E-state index in [9.17, 15) is 26.3 Å².